The molecule has 5 nitrogen and oxygen atoms in total. The number of aliphatic carboxylic acids is 1. The number of amides is 1. The monoisotopic (exact) mass is 250 g/mol. The predicted octanol–water partition coefficient (Wildman–Crippen LogP) is 1.53. The molecular weight excluding hydrogens is 232 g/mol. The fourth-order valence-corrected chi connectivity index (χ4v) is 1.55. The summed E-state index contributed by atoms with van der Waals surface area (Å²) in [6, 6.07) is 7.33. The lowest BCUT2D eigenvalue weighted by Crippen LogP contribution is -2.22. The molecule has 0 unspecified atom stereocenters. The number of hydrogen-bond acceptors (Lipinski definition) is 3. The summed E-state index contributed by atoms with van der Waals surface area (Å²) in [5.74, 6) is -0.891. The van der Waals surface area contributed by atoms with Crippen LogP contribution in [0.1, 0.15) is 31.2 Å². The highest BCUT2D eigenvalue weighted by Gasteiger charge is 2.03. The van der Waals surface area contributed by atoms with Crippen LogP contribution >= 0.6 is 0 Å². The van der Waals surface area contributed by atoms with Crippen LogP contribution in [0.3, 0.4) is 0 Å². The normalized spacial score (nSPS) is 10.0. The zero-order valence-corrected chi connectivity index (χ0v) is 10.2. The van der Waals surface area contributed by atoms with Crippen molar-refractivity contribution in [2.45, 2.75) is 32.2 Å². The number of carboxylic acids is 1. The summed E-state index contributed by atoms with van der Waals surface area (Å²) < 4.78 is 0. The summed E-state index contributed by atoms with van der Waals surface area (Å²) in [6.07, 6.45) is 1.59. The molecule has 4 N–H and O–H groups in total. The number of unbranched alkanes of at least 4 members (excludes halogenated alkanes) is 1. The van der Waals surface area contributed by atoms with E-state index in [9.17, 15) is 9.59 Å². The van der Waals surface area contributed by atoms with Crippen molar-refractivity contribution in [3.05, 3.63) is 29.8 Å². The van der Waals surface area contributed by atoms with Gasteiger partial charge in [0.15, 0.2) is 0 Å². The van der Waals surface area contributed by atoms with Crippen molar-refractivity contribution in [3.8, 4) is 0 Å². The van der Waals surface area contributed by atoms with Crippen molar-refractivity contribution < 1.29 is 14.7 Å². The number of carbonyl (C=O) groups excluding carboxylic acids is 1. The van der Waals surface area contributed by atoms with E-state index in [1.165, 1.54) is 0 Å². The second kappa shape index (κ2) is 7.32. The van der Waals surface area contributed by atoms with Gasteiger partial charge in [-0.2, -0.15) is 0 Å². The number of nitrogens with two attached hydrogens (primary N) is 1. The van der Waals surface area contributed by atoms with Gasteiger partial charge in [0.1, 0.15) is 0 Å². The molecule has 0 heterocycles. The number of nitrogen functional groups attached to an aromatic ring is 1. The molecule has 1 amide bonds. The fraction of sp³-hybridized carbons (Fsp3) is 0.385. The largest absolute Gasteiger partial charge is 0.481 e. The number of nitrogens with one attached hydrogen (secondary N) is 1. The first-order chi connectivity index (χ1) is 8.58. The Hall–Kier alpha value is -2.04. The third-order valence-electron chi connectivity index (χ3n) is 2.49. The highest BCUT2D eigenvalue weighted by atomic mass is 16.4. The first-order valence-electron chi connectivity index (χ1n) is 5.91. The average Bonchev–Trinajstić information content (AvgIpc) is 2.32. The van der Waals surface area contributed by atoms with E-state index in [1.807, 2.05) is 18.2 Å². The molecule has 0 saturated carbocycles. The van der Waals surface area contributed by atoms with E-state index in [2.05, 4.69) is 5.32 Å². The molecule has 0 saturated heterocycles. The number of carboxylic acid groups (broad SMARTS) is 1. The Morgan fingerprint density at radius 2 is 1.94 bits per heavy atom. The van der Waals surface area contributed by atoms with Crippen LogP contribution in [0.25, 0.3) is 0 Å². The second-order valence-electron chi connectivity index (χ2n) is 4.12. The third-order valence-corrected chi connectivity index (χ3v) is 2.49. The first kappa shape index (κ1) is 14.0. The maximum Gasteiger partial charge on any atom is 0.303 e. The van der Waals surface area contributed by atoms with Gasteiger partial charge in [-0.3, -0.25) is 9.59 Å². The molecule has 1 aromatic carbocycles. The molecule has 0 aliphatic rings. The van der Waals surface area contributed by atoms with E-state index in [-0.39, 0.29) is 12.3 Å². The van der Waals surface area contributed by atoms with Crippen LogP contribution in [0.4, 0.5) is 5.69 Å². The number of hydrogen-bond donors (Lipinski definition) is 3. The molecule has 0 atom stereocenters. The van der Waals surface area contributed by atoms with Crippen LogP contribution in [0.2, 0.25) is 0 Å². The van der Waals surface area contributed by atoms with Crippen molar-refractivity contribution in [1.29, 1.82) is 0 Å². The summed E-state index contributed by atoms with van der Waals surface area (Å²) in [4.78, 5) is 21.7. The van der Waals surface area contributed by atoms with Crippen molar-refractivity contribution in [2.75, 3.05) is 5.73 Å². The first-order valence-corrected chi connectivity index (χ1v) is 5.91. The van der Waals surface area contributed by atoms with Gasteiger partial charge in [-0.15, -0.1) is 0 Å². The van der Waals surface area contributed by atoms with E-state index < -0.39 is 5.97 Å². The van der Waals surface area contributed by atoms with Gasteiger partial charge >= 0.3 is 5.97 Å². The molecule has 0 fully saturated rings. The van der Waals surface area contributed by atoms with Gasteiger partial charge in [-0.1, -0.05) is 12.1 Å². The minimum absolute atomic E-state index is 0.0668. The van der Waals surface area contributed by atoms with E-state index >= 15 is 0 Å². The van der Waals surface area contributed by atoms with Gasteiger partial charge in [0.25, 0.3) is 0 Å². The standard InChI is InChI=1S/C13H18N2O3/c14-11-5-3-4-10(8-11)9-15-12(16)6-1-2-7-13(17)18/h3-5,8H,1-2,6-7,9,14H2,(H,15,16)(H,17,18). The Balaban J connectivity index is 2.19. The average molecular weight is 250 g/mol. The lowest BCUT2D eigenvalue weighted by Gasteiger charge is -2.05. The molecule has 0 radical (unpaired) electrons. The summed E-state index contributed by atoms with van der Waals surface area (Å²) in [7, 11) is 0. The van der Waals surface area contributed by atoms with Crippen LogP contribution in [0.15, 0.2) is 24.3 Å². The Labute approximate surface area is 106 Å². The molecule has 1 aromatic rings. The Morgan fingerprint density at radius 3 is 2.61 bits per heavy atom. The zero-order chi connectivity index (χ0) is 13.4. The van der Waals surface area contributed by atoms with Crippen LogP contribution in [0, 0.1) is 0 Å². The number of carbonyl (C=O) groups is 2. The van der Waals surface area contributed by atoms with Crippen LogP contribution in [-0.2, 0) is 16.1 Å². The van der Waals surface area contributed by atoms with Crippen molar-refractivity contribution in [1.82, 2.24) is 5.32 Å². The molecule has 5 heteroatoms. The number of rotatable bonds is 7. The molecule has 0 aliphatic carbocycles. The van der Waals surface area contributed by atoms with E-state index in [0.29, 0.717) is 31.5 Å². The lowest BCUT2D eigenvalue weighted by molar-refractivity contribution is -0.137. The molecule has 1 rings (SSSR count). The molecule has 18 heavy (non-hydrogen) atoms. The van der Waals surface area contributed by atoms with Gasteiger partial charge in [0.05, 0.1) is 0 Å². The van der Waals surface area contributed by atoms with Crippen molar-refractivity contribution in [2.24, 2.45) is 0 Å². The number of benzene rings is 1. The molecule has 0 aliphatic heterocycles. The summed E-state index contributed by atoms with van der Waals surface area (Å²) >= 11 is 0. The summed E-state index contributed by atoms with van der Waals surface area (Å²) in [5, 5.41) is 11.2. The van der Waals surface area contributed by atoms with E-state index in [0.717, 1.165) is 5.56 Å². The highest BCUT2D eigenvalue weighted by molar-refractivity contribution is 5.76. The second-order valence-corrected chi connectivity index (χ2v) is 4.12. The van der Waals surface area contributed by atoms with Crippen LogP contribution in [-0.4, -0.2) is 17.0 Å². The fourth-order valence-electron chi connectivity index (χ4n) is 1.55. The van der Waals surface area contributed by atoms with Gasteiger partial charge in [0, 0.05) is 25.1 Å². The van der Waals surface area contributed by atoms with Gasteiger partial charge in [0.2, 0.25) is 5.91 Å². The van der Waals surface area contributed by atoms with Gasteiger partial charge in [-0.05, 0) is 30.5 Å². The molecule has 0 spiro atoms. The molecule has 0 bridgehead atoms. The van der Waals surface area contributed by atoms with Gasteiger partial charge in [-0.25, -0.2) is 0 Å². The minimum Gasteiger partial charge on any atom is -0.481 e. The maximum atomic E-state index is 11.5. The zero-order valence-electron chi connectivity index (χ0n) is 10.2. The van der Waals surface area contributed by atoms with Crippen molar-refractivity contribution >= 4 is 17.6 Å². The highest BCUT2D eigenvalue weighted by Crippen LogP contribution is 2.06. The predicted molar refractivity (Wildman–Crippen MR) is 68.8 cm³/mol. The Bertz CT molecular complexity index is 418. The maximum absolute atomic E-state index is 11.5. The smallest absolute Gasteiger partial charge is 0.303 e. The van der Waals surface area contributed by atoms with E-state index in [4.69, 9.17) is 10.8 Å². The topological polar surface area (TPSA) is 92.4 Å². The quantitative estimate of drug-likeness (QED) is 0.505. The van der Waals surface area contributed by atoms with Crippen LogP contribution in [0.5, 0.6) is 0 Å². The Kier molecular flexibility index (Phi) is 5.70. The molecule has 98 valence electrons. The van der Waals surface area contributed by atoms with E-state index in [1.54, 1.807) is 6.07 Å². The summed E-state index contributed by atoms with van der Waals surface area (Å²) in [6.45, 7) is 0.447. The summed E-state index contributed by atoms with van der Waals surface area (Å²) in [5.41, 5.74) is 7.25. The van der Waals surface area contributed by atoms with Crippen LogP contribution < -0.4 is 11.1 Å². The molecule has 0 aromatic heterocycles. The molecular formula is C13H18N2O3. The number of anilines is 1. The lowest BCUT2D eigenvalue weighted by atomic mass is 10.1. The third kappa shape index (κ3) is 5.89. The SMILES string of the molecule is Nc1cccc(CNC(=O)CCCCC(=O)O)c1. The van der Waals surface area contributed by atoms with Crippen molar-refractivity contribution in [3.63, 3.8) is 0 Å². The minimum atomic E-state index is -0.824. The van der Waals surface area contributed by atoms with Gasteiger partial charge < -0.3 is 16.2 Å². The Morgan fingerprint density at radius 1 is 1.22 bits per heavy atom.